The van der Waals surface area contributed by atoms with Crippen LogP contribution in [-0.2, 0) is 14.6 Å². The lowest BCUT2D eigenvalue weighted by Crippen LogP contribution is -2.38. The molecule has 6 nitrogen and oxygen atoms in total. The molecule has 1 amide bonds. The van der Waals surface area contributed by atoms with Crippen molar-refractivity contribution >= 4 is 50.6 Å². The predicted octanol–water partition coefficient (Wildman–Crippen LogP) is 1.78. The molecule has 1 aliphatic heterocycles. The molecule has 1 aromatic heterocycles. The third-order valence-electron chi connectivity index (χ3n) is 3.19. The highest BCUT2D eigenvalue weighted by Crippen LogP contribution is 2.31. The van der Waals surface area contributed by atoms with Crippen molar-refractivity contribution in [2.24, 2.45) is 0 Å². The Morgan fingerprint density at radius 3 is 2.68 bits per heavy atom. The summed E-state index contributed by atoms with van der Waals surface area (Å²) in [6.45, 7) is 4.18. The molecule has 1 aromatic rings. The van der Waals surface area contributed by atoms with Crippen molar-refractivity contribution in [3.63, 3.8) is 0 Å². The Bertz CT molecular complexity index is 629. The van der Waals surface area contributed by atoms with Crippen molar-refractivity contribution in [3.8, 4) is 0 Å². The highest BCUT2D eigenvalue weighted by molar-refractivity contribution is 8.03. The summed E-state index contributed by atoms with van der Waals surface area (Å²) in [6.07, 6.45) is 0.531. The van der Waals surface area contributed by atoms with Crippen molar-refractivity contribution in [2.75, 3.05) is 24.3 Å². The van der Waals surface area contributed by atoms with E-state index >= 15 is 0 Å². The van der Waals surface area contributed by atoms with Gasteiger partial charge in [-0.1, -0.05) is 48.7 Å². The minimum absolute atomic E-state index is 0.0691. The maximum absolute atomic E-state index is 12.2. The van der Waals surface area contributed by atoms with Crippen LogP contribution >= 0.6 is 34.9 Å². The molecule has 0 aliphatic carbocycles. The zero-order valence-corrected chi connectivity index (χ0v) is 15.9. The summed E-state index contributed by atoms with van der Waals surface area (Å²) in [5, 5.41) is 8.59. The lowest BCUT2D eigenvalue weighted by atomic mass is 10.2. The van der Waals surface area contributed by atoms with E-state index in [4.69, 9.17) is 0 Å². The van der Waals surface area contributed by atoms with Crippen molar-refractivity contribution in [1.29, 1.82) is 0 Å². The average Bonchev–Trinajstić information content (AvgIpc) is 3.01. The quantitative estimate of drug-likeness (QED) is 0.695. The zero-order valence-electron chi connectivity index (χ0n) is 12.7. The van der Waals surface area contributed by atoms with Gasteiger partial charge in [-0.05, 0) is 6.42 Å². The Labute approximate surface area is 143 Å². The van der Waals surface area contributed by atoms with Gasteiger partial charge in [0.2, 0.25) is 5.91 Å². The van der Waals surface area contributed by atoms with Crippen LogP contribution in [0.15, 0.2) is 8.68 Å². The van der Waals surface area contributed by atoms with Gasteiger partial charge in [-0.3, -0.25) is 4.79 Å². The summed E-state index contributed by atoms with van der Waals surface area (Å²) >= 11 is 4.49. The molecular weight excluding hydrogens is 362 g/mol. The van der Waals surface area contributed by atoms with Gasteiger partial charge in [0.15, 0.2) is 18.5 Å². The van der Waals surface area contributed by atoms with Crippen LogP contribution < -0.4 is 0 Å². The fourth-order valence-electron chi connectivity index (χ4n) is 2.01. The van der Waals surface area contributed by atoms with Crippen molar-refractivity contribution in [1.82, 2.24) is 15.1 Å². The Kier molecular flexibility index (Phi) is 6.14. The van der Waals surface area contributed by atoms with Crippen molar-refractivity contribution in [2.45, 2.75) is 40.2 Å². The fourth-order valence-corrected chi connectivity index (χ4v) is 6.96. The van der Waals surface area contributed by atoms with Gasteiger partial charge in [-0.2, -0.15) is 0 Å². The van der Waals surface area contributed by atoms with E-state index in [1.165, 1.54) is 23.1 Å². The Morgan fingerprint density at radius 1 is 1.41 bits per heavy atom. The van der Waals surface area contributed by atoms with E-state index in [9.17, 15) is 13.2 Å². The standard InChI is InChI=1S/C12H19N3O3S4/c1-8(2)20-12-14-13-11(21-12)19-6-10(16)15(3)9-4-5-22(17,18)7-9/h8-9H,4-7H2,1-3H3/t9-/m0/s1. The number of hydrogen-bond donors (Lipinski definition) is 0. The van der Waals surface area contributed by atoms with Crippen LogP contribution in [0.1, 0.15) is 20.3 Å². The molecule has 0 saturated carbocycles. The van der Waals surface area contributed by atoms with E-state index in [1.807, 2.05) is 0 Å². The van der Waals surface area contributed by atoms with Gasteiger partial charge < -0.3 is 4.90 Å². The first-order valence-electron chi connectivity index (χ1n) is 6.86. The summed E-state index contributed by atoms with van der Waals surface area (Å²) in [4.78, 5) is 13.7. The van der Waals surface area contributed by atoms with Crippen LogP contribution in [0.25, 0.3) is 0 Å². The third-order valence-corrected chi connectivity index (χ3v) is 8.07. The van der Waals surface area contributed by atoms with Crippen LogP contribution in [0.3, 0.4) is 0 Å². The highest BCUT2D eigenvalue weighted by atomic mass is 32.2. The Balaban J connectivity index is 1.83. The predicted molar refractivity (Wildman–Crippen MR) is 91.5 cm³/mol. The maximum Gasteiger partial charge on any atom is 0.233 e. The lowest BCUT2D eigenvalue weighted by Gasteiger charge is -2.22. The minimum atomic E-state index is -2.97. The van der Waals surface area contributed by atoms with Gasteiger partial charge >= 0.3 is 0 Å². The van der Waals surface area contributed by atoms with Crippen molar-refractivity contribution < 1.29 is 13.2 Å². The third kappa shape index (κ3) is 5.10. The van der Waals surface area contributed by atoms with Gasteiger partial charge in [-0.15, -0.1) is 10.2 Å². The summed E-state index contributed by atoms with van der Waals surface area (Å²) in [6, 6.07) is -0.195. The molecule has 0 radical (unpaired) electrons. The number of thioether (sulfide) groups is 2. The molecule has 124 valence electrons. The normalized spacial score (nSPS) is 20.5. The van der Waals surface area contributed by atoms with E-state index in [0.29, 0.717) is 11.7 Å². The number of nitrogens with zero attached hydrogens (tertiary/aromatic N) is 3. The first-order chi connectivity index (χ1) is 10.3. The molecule has 0 bridgehead atoms. The second-order valence-corrected chi connectivity index (χ2v) is 11.6. The summed E-state index contributed by atoms with van der Waals surface area (Å²) < 4.78 is 24.6. The minimum Gasteiger partial charge on any atom is -0.341 e. The molecular formula is C12H19N3O3S4. The molecule has 10 heteroatoms. The Hall–Kier alpha value is -0.320. The topological polar surface area (TPSA) is 80.2 Å². The summed E-state index contributed by atoms with van der Waals surface area (Å²) in [5.74, 6) is 0.441. The fraction of sp³-hybridized carbons (Fsp3) is 0.750. The van der Waals surface area contributed by atoms with Crippen LogP contribution in [0, 0.1) is 0 Å². The maximum atomic E-state index is 12.2. The molecule has 0 N–H and O–H groups in total. The molecule has 0 aromatic carbocycles. The van der Waals surface area contributed by atoms with E-state index in [-0.39, 0.29) is 29.2 Å². The smallest absolute Gasteiger partial charge is 0.233 e. The first kappa shape index (κ1) is 18.0. The van der Waals surface area contributed by atoms with Gasteiger partial charge in [0, 0.05) is 18.3 Å². The SMILES string of the molecule is CC(C)Sc1nnc(SCC(=O)N(C)[C@H]2CCS(=O)(=O)C2)s1. The number of sulfone groups is 1. The highest BCUT2D eigenvalue weighted by Gasteiger charge is 2.32. The van der Waals surface area contributed by atoms with Crippen LogP contribution in [0.2, 0.25) is 0 Å². The van der Waals surface area contributed by atoms with E-state index in [0.717, 1.165) is 8.68 Å². The first-order valence-corrected chi connectivity index (χ1v) is 11.4. The molecule has 0 unspecified atom stereocenters. The number of rotatable bonds is 6. The number of carbonyl (C=O) groups excluding carboxylic acids is 1. The average molecular weight is 382 g/mol. The Morgan fingerprint density at radius 2 is 2.09 bits per heavy atom. The molecule has 1 fully saturated rings. The number of aromatic nitrogens is 2. The molecule has 1 aliphatic rings. The van der Waals surface area contributed by atoms with Crippen LogP contribution in [0.4, 0.5) is 0 Å². The van der Waals surface area contributed by atoms with Gasteiger partial charge in [0.1, 0.15) is 0 Å². The van der Waals surface area contributed by atoms with Gasteiger partial charge in [0.25, 0.3) is 0 Å². The molecule has 2 heterocycles. The lowest BCUT2D eigenvalue weighted by molar-refractivity contribution is -0.128. The second-order valence-electron chi connectivity index (χ2n) is 5.35. The number of carbonyl (C=O) groups is 1. The van der Waals surface area contributed by atoms with Gasteiger partial charge in [0.05, 0.1) is 17.3 Å². The number of amides is 1. The molecule has 1 saturated heterocycles. The van der Waals surface area contributed by atoms with Crippen LogP contribution in [0.5, 0.6) is 0 Å². The van der Waals surface area contributed by atoms with E-state index < -0.39 is 9.84 Å². The second kappa shape index (κ2) is 7.50. The monoisotopic (exact) mass is 381 g/mol. The molecule has 2 rings (SSSR count). The summed E-state index contributed by atoms with van der Waals surface area (Å²) in [7, 11) is -1.30. The van der Waals surface area contributed by atoms with E-state index in [2.05, 4.69) is 24.0 Å². The largest absolute Gasteiger partial charge is 0.341 e. The molecule has 22 heavy (non-hydrogen) atoms. The zero-order chi connectivity index (χ0) is 16.3. The van der Waals surface area contributed by atoms with E-state index in [1.54, 1.807) is 23.7 Å². The van der Waals surface area contributed by atoms with Gasteiger partial charge in [-0.25, -0.2) is 8.42 Å². The van der Waals surface area contributed by atoms with Crippen LogP contribution in [-0.4, -0.2) is 65.0 Å². The molecule has 1 atom stereocenters. The van der Waals surface area contributed by atoms with Crippen molar-refractivity contribution in [3.05, 3.63) is 0 Å². The molecule has 0 spiro atoms. The summed E-state index contributed by atoms with van der Waals surface area (Å²) in [5.41, 5.74) is 0. The number of hydrogen-bond acceptors (Lipinski definition) is 8.